The molecule has 0 spiro atoms. The molecule has 1 aliphatic rings. The molecule has 0 atom stereocenters. The van der Waals surface area contributed by atoms with E-state index < -0.39 is 0 Å². The number of nitrogens with zero attached hydrogens (tertiary/aromatic N) is 1. The van der Waals surface area contributed by atoms with Crippen LogP contribution in [0.15, 0.2) is 60.7 Å². The second-order valence-corrected chi connectivity index (χ2v) is 13.4. The highest BCUT2D eigenvalue weighted by atomic mass is 16.5. The minimum absolute atomic E-state index is 0. The van der Waals surface area contributed by atoms with Crippen LogP contribution < -0.4 is 53.7 Å². The number of aliphatic hydroxyl groups excluding tert-OH is 1. The van der Waals surface area contributed by atoms with Crippen LogP contribution in [0.5, 0.6) is 0 Å². The summed E-state index contributed by atoms with van der Waals surface area (Å²) in [5.74, 6) is 1.95. The fourth-order valence-corrected chi connectivity index (χ4v) is 3.07. The van der Waals surface area contributed by atoms with Crippen molar-refractivity contribution in [3.63, 3.8) is 0 Å². The summed E-state index contributed by atoms with van der Waals surface area (Å²) in [6, 6.07) is 20.9. The molecule has 2 aromatic rings. The van der Waals surface area contributed by atoms with Gasteiger partial charge in [0.1, 0.15) is 61.1 Å². The minimum atomic E-state index is -0.167. The van der Waals surface area contributed by atoms with Crippen LogP contribution in [0.3, 0.4) is 0 Å². The quantitative estimate of drug-likeness (QED) is 0.136. The second-order valence-electron chi connectivity index (χ2n) is 13.4. The van der Waals surface area contributed by atoms with E-state index in [1.54, 1.807) is 20.8 Å². The summed E-state index contributed by atoms with van der Waals surface area (Å²) in [6.45, 7) is 55.5. The molecule has 1 heterocycles. The maximum atomic E-state index is 10.7. The van der Waals surface area contributed by atoms with Crippen molar-refractivity contribution in [3.8, 4) is 0 Å². The first-order valence-corrected chi connectivity index (χ1v) is 23.5. The normalized spacial score (nSPS) is 7.63. The number of aryl methyl sites for hydroxylation is 2. The van der Waals surface area contributed by atoms with Crippen molar-refractivity contribution in [2.45, 2.75) is 168 Å². The topological polar surface area (TPSA) is 482 Å². The zero-order valence-corrected chi connectivity index (χ0v) is 54.5. The number of ether oxygens (including phenoxy) is 1. The largest absolute Gasteiger partial charge is 0.394 e. The zero-order valence-electron chi connectivity index (χ0n) is 54.5. The van der Waals surface area contributed by atoms with E-state index in [0.717, 1.165) is 44.4 Å². The van der Waals surface area contributed by atoms with Crippen molar-refractivity contribution < 1.29 is 57.8 Å². The summed E-state index contributed by atoms with van der Waals surface area (Å²) < 4.78 is 5.23. The van der Waals surface area contributed by atoms with Gasteiger partial charge in [0, 0.05) is 32.7 Å². The summed E-state index contributed by atoms with van der Waals surface area (Å²) in [4.78, 5) is 84.6. The number of aliphatic hydroxyl groups is 1. The molecular formula is C56H136N10O12. The number of rotatable bonds is 4. The second kappa shape index (κ2) is 206. The van der Waals surface area contributed by atoms with Crippen molar-refractivity contribution in [2.75, 3.05) is 47.9 Å². The number of carbonyl (C=O) groups excluding carboxylic acids is 10. The van der Waals surface area contributed by atoms with Crippen LogP contribution in [-0.2, 0) is 65.5 Å². The van der Waals surface area contributed by atoms with Crippen molar-refractivity contribution in [2.24, 2.45) is 34.8 Å². The lowest BCUT2D eigenvalue weighted by atomic mass is 10.1. The van der Waals surface area contributed by atoms with Crippen LogP contribution in [0, 0.1) is 11.8 Å². The molecule has 0 saturated carbocycles. The summed E-state index contributed by atoms with van der Waals surface area (Å²) in [5, 5.41) is 8.06. The summed E-state index contributed by atoms with van der Waals surface area (Å²) >= 11 is 0. The molecular weight excluding hydrogens is 1000 g/mol. The summed E-state index contributed by atoms with van der Waals surface area (Å²) in [7, 11) is 6.00. The Bertz CT molecular complexity index is 946. The highest BCUT2D eigenvalue weighted by Crippen LogP contribution is 2.08. The first kappa shape index (κ1) is 151. The Morgan fingerprint density at radius 2 is 0.679 bits per heavy atom. The van der Waals surface area contributed by atoms with Crippen LogP contribution in [0.1, 0.15) is 155 Å². The van der Waals surface area contributed by atoms with Gasteiger partial charge in [0.25, 0.3) is 0 Å². The summed E-state index contributed by atoms with van der Waals surface area (Å²) in [6.07, 6.45) is 7.10. The molecule has 3 rings (SSSR count). The maximum Gasteiger partial charge on any atom is 0.219 e. The van der Waals surface area contributed by atoms with E-state index in [0.29, 0.717) is 0 Å². The van der Waals surface area contributed by atoms with Crippen LogP contribution in [0.2, 0.25) is 0 Å². The van der Waals surface area contributed by atoms with Gasteiger partial charge in [-0.3, -0.25) is 4.79 Å². The van der Waals surface area contributed by atoms with Gasteiger partial charge in [-0.15, -0.1) is 0 Å². The summed E-state index contributed by atoms with van der Waals surface area (Å²) in [5.41, 5.74) is 20.9. The smallest absolute Gasteiger partial charge is 0.219 e. The van der Waals surface area contributed by atoms with Crippen LogP contribution >= 0.6 is 0 Å². The molecule has 0 unspecified atom stereocenters. The standard InChI is InChI=1S/2C8H10.C7H13NO.C6H14O.C5H12.C4H10.C3H8O.C2H6.4CH5N.9CH2O.5H3N/c2*1-2-8-6-4-3-5-7-8;1-7(9)8-5-3-2-4-6-8;1-5-7-6(2,3)4;1-4-5(2)3;1-4(2)3;1-3(2)4;14*1-2;;;;;/h2*3-7H,2H2,1H3;2-6H2,1H3;5H2,1-4H3;5H,4H2,1-3H3;4H,1-3H3;3-4H,1-2H3;1-2H3;4*2H2,1H3;9*1H2;5*1H3. The Morgan fingerprint density at radius 3 is 0.756 bits per heavy atom. The monoisotopic (exact) mass is 1140 g/mol. The Morgan fingerprint density at radius 1 is 0.500 bits per heavy atom. The molecule has 0 bridgehead atoms. The maximum absolute atomic E-state index is 10.7. The van der Waals surface area contributed by atoms with E-state index >= 15 is 0 Å². The average Bonchev–Trinajstić information content (AvgIpc) is 3.47. The third kappa shape index (κ3) is 322. The fraction of sp³-hybridized carbons (Fsp3) is 0.607. The van der Waals surface area contributed by atoms with Gasteiger partial charge in [-0.05, 0) is 125 Å². The van der Waals surface area contributed by atoms with Crippen LogP contribution in [0.25, 0.3) is 0 Å². The number of amides is 1. The lowest BCUT2D eigenvalue weighted by molar-refractivity contribution is -0.129. The molecule has 22 heteroatoms. The van der Waals surface area contributed by atoms with Gasteiger partial charge in [0.05, 0.1) is 5.60 Å². The van der Waals surface area contributed by atoms with Gasteiger partial charge >= 0.3 is 0 Å². The molecule has 0 aromatic heterocycles. The molecule has 0 radical (unpaired) electrons. The Hall–Kier alpha value is -5.50. The Kier molecular flexibility index (Phi) is 400. The van der Waals surface area contributed by atoms with E-state index in [2.05, 4.69) is 148 Å². The van der Waals surface area contributed by atoms with Gasteiger partial charge in [-0.25, -0.2) is 0 Å². The first-order chi connectivity index (χ1) is 35.0. The predicted molar refractivity (Wildman–Crippen MR) is 343 cm³/mol. The third-order valence-corrected chi connectivity index (χ3v) is 5.70. The molecule has 1 fully saturated rings. The Labute approximate surface area is 481 Å². The molecule has 2 aromatic carbocycles. The van der Waals surface area contributed by atoms with Crippen molar-refractivity contribution in [1.29, 1.82) is 0 Å². The lowest BCUT2D eigenvalue weighted by Crippen LogP contribution is -2.33. The minimum Gasteiger partial charge on any atom is -0.394 e. The number of carbonyl (C=O) groups is 10. The van der Waals surface area contributed by atoms with Crippen molar-refractivity contribution in [3.05, 3.63) is 71.8 Å². The number of nitrogens with two attached hydrogens (primary N) is 4. The number of hydrogen-bond acceptors (Lipinski definition) is 21. The van der Waals surface area contributed by atoms with E-state index in [-0.39, 0.29) is 48.4 Å². The van der Waals surface area contributed by atoms with Gasteiger partial charge in [-0.2, -0.15) is 0 Å². The first-order valence-electron chi connectivity index (χ1n) is 23.5. The molecule has 482 valence electrons. The highest BCUT2D eigenvalue weighted by Gasteiger charge is 2.11. The predicted octanol–water partition coefficient (Wildman–Crippen LogP) is 9.91. The molecule has 1 aliphatic heterocycles. The number of likely N-dealkylation sites (tertiary alicyclic amines) is 1. The van der Waals surface area contributed by atoms with Crippen LogP contribution in [-0.4, -0.2) is 137 Å². The number of benzene rings is 2. The van der Waals surface area contributed by atoms with E-state index in [9.17, 15) is 4.79 Å². The average molecular weight is 1140 g/mol. The number of piperidine rings is 1. The molecule has 1 amide bonds. The molecule has 22 nitrogen and oxygen atoms in total. The Balaban J connectivity index is -0.0000000200. The SMILES string of the molecule is C=O.C=O.C=O.C=O.C=O.C=O.C=O.C=O.C=O.CC.CC(=O)N1CCCCC1.CC(C)C.CC(C)O.CCC(C)C.CCOC(C)(C)C.CCc1ccccc1.CCc1ccccc1.CN.CN.CN.CN.N.N.N.N.N. The van der Waals surface area contributed by atoms with Gasteiger partial charge in [-0.1, -0.05) is 136 Å². The van der Waals surface area contributed by atoms with E-state index in [4.69, 9.17) is 53.0 Å². The molecule has 78 heavy (non-hydrogen) atoms. The number of hydrogen-bond donors (Lipinski definition) is 10. The molecule has 0 aliphatic carbocycles. The van der Waals surface area contributed by atoms with Gasteiger partial charge in [0.15, 0.2) is 0 Å². The van der Waals surface area contributed by atoms with Crippen molar-refractivity contribution in [1.82, 2.24) is 35.7 Å². The van der Waals surface area contributed by atoms with E-state index in [1.807, 2.05) is 98.9 Å². The highest BCUT2D eigenvalue weighted by molar-refractivity contribution is 5.73. The molecule has 24 N–H and O–H groups in total. The van der Waals surface area contributed by atoms with E-state index in [1.165, 1.54) is 65.0 Å². The van der Waals surface area contributed by atoms with Gasteiger partial charge in [0.2, 0.25) is 5.91 Å². The van der Waals surface area contributed by atoms with Gasteiger partial charge < -0.3 is 112 Å². The lowest BCUT2D eigenvalue weighted by Gasteiger charge is -2.24. The fourth-order valence-electron chi connectivity index (χ4n) is 3.07. The third-order valence-electron chi connectivity index (χ3n) is 5.70. The zero-order chi connectivity index (χ0) is 63.7. The van der Waals surface area contributed by atoms with Crippen LogP contribution in [0.4, 0.5) is 0 Å². The van der Waals surface area contributed by atoms with Crippen molar-refractivity contribution >= 4 is 67.0 Å². The molecule has 1 saturated heterocycles.